The van der Waals surface area contributed by atoms with Gasteiger partial charge in [-0.05, 0) is 12.1 Å². The van der Waals surface area contributed by atoms with Crippen molar-refractivity contribution in [3.63, 3.8) is 0 Å². The first-order valence-electron chi connectivity index (χ1n) is 5.28. The van der Waals surface area contributed by atoms with Crippen molar-refractivity contribution in [1.82, 2.24) is 0 Å². The van der Waals surface area contributed by atoms with Gasteiger partial charge in [0, 0.05) is 11.8 Å². The van der Waals surface area contributed by atoms with Gasteiger partial charge in [-0.25, -0.2) is 4.57 Å². The van der Waals surface area contributed by atoms with Crippen molar-refractivity contribution in [3.8, 4) is 0 Å². The van der Waals surface area contributed by atoms with E-state index in [1.807, 2.05) is 12.1 Å². The minimum Gasteiger partial charge on any atom is -0.468 e. The predicted octanol–water partition coefficient (Wildman–Crippen LogP) is 0.907. The van der Waals surface area contributed by atoms with Crippen molar-refractivity contribution in [3.05, 3.63) is 34.3 Å². The molecule has 0 saturated carbocycles. The van der Waals surface area contributed by atoms with E-state index in [1.165, 1.54) is 6.92 Å². The summed E-state index contributed by atoms with van der Waals surface area (Å²) in [5.74, 6) is 0.833. The van der Waals surface area contributed by atoms with Crippen molar-refractivity contribution < 1.29 is 27.8 Å². The second kappa shape index (κ2) is 6.27. The van der Waals surface area contributed by atoms with Crippen LogP contribution in [0.3, 0.4) is 0 Å². The number of furan rings is 1. The molecule has 0 radical (unpaired) electrons. The maximum Gasteiger partial charge on any atom is 0.472 e. The summed E-state index contributed by atoms with van der Waals surface area (Å²) in [5, 5.41) is 10.4. The van der Waals surface area contributed by atoms with Gasteiger partial charge in [0.25, 0.3) is 5.54 Å². The van der Waals surface area contributed by atoms with E-state index >= 15 is 0 Å². The summed E-state index contributed by atoms with van der Waals surface area (Å²) in [5.41, 5.74) is 3.78. The van der Waals surface area contributed by atoms with E-state index in [-0.39, 0.29) is 0 Å². The number of nitrogens with two attached hydrogens (primary N) is 1. The molecule has 1 aliphatic heterocycles. The third-order valence-electron chi connectivity index (χ3n) is 2.30. The minimum absolute atomic E-state index is 0.409. The Morgan fingerprint density at radius 1 is 1.58 bits per heavy atom. The molecule has 108 valence electrons. The van der Waals surface area contributed by atoms with Crippen LogP contribution < -0.4 is 5.73 Å². The fourth-order valence-electron chi connectivity index (χ4n) is 1.05. The third kappa shape index (κ3) is 4.73. The molecule has 0 bridgehead atoms. The molecular formula is C9H15N2O7P. The molecule has 1 saturated heterocycles. The Labute approximate surface area is 109 Å². The molecule has 1 fully saturated rings. The second-order valence-corrected chi connectivity index (χ2v) is 5.51. The number of nitrogens with zero attached hydrogens (tertiary/aromatic N) is 1. The van der Waals surface area contributed by atoms with E-state index in [9.17, 15) is 14.7 Å². The first-order chi connectivity index (χ1) is 8.79. The summed E-state index contributed by atoms with van der Waals surface area (Å²) < 4.78 is 24.1. The topological polar surface area (TPSA) is 138 Å². The molecule has 10 heteroatoms. The summed E-state index contributed by atoms with van der Waals surface area (Å²) in [6, 6.07) is 3.67. The highest BCUT2D eigenvalue weighted by Gasteiger charge is 2.47. The molecule has 2 heterocycles. The molecule has 1 aliphatic rings. The van der Waals surface area contributed by atoms with E-state index in [0.29, 0.717) is 6.54 Å². The Balaban J connectivity index is 0.000000218. The van der Waals surface area contributed by atoms with Crippen LogP contribution in [0, 0.1) is 10.1 Å². The second-order valence-electron chi connectivity index (χ2n) is 4.05. The fraction of sp³-hybridized carbons (Fsp3) is 0.556. The Morgan fingerprint density at radius 2 is 2.16 bits per heavy atom. The summed E-state index contributed by atoms with van der Waals surface area (Å²) in [6.45, 7) is 0.959. The van der Waals surface area contributed by atoms with Crippen molar-refractivity contribution in [2.24, 2.45) is 5.73 Å². The van der Waals surface area contributed by atoms with Gasteiger partial charge in [0.2, 0.25) is 0 Å². The van der Waals surface area contributed by atoms with Gasteiger partial charge in [0.05, 0.1) is 12.8 Å². The molecule has 1 aromatic rings. The zero-order valence-corrected chi connectivity index (χ0v) is 11.1. The number of hydrogen-bond donors (Lipinski definition) is 2. The van der Waals surface area contributed by atoms with E-state index in [1.54, 1.807) is 6.26 Å². The van der Waals surface area contributed by atoms with Gasteiger partial charge in [0.15, 0.2) is 0 Å². The molecule has 0 aromatic carbocycles. The van der Waals surface area contributed by atoms with Crippen LogP contribution in [0.4, 0.5) is 0 Å². The molecular weight excluding hydrogens is 279 g/mol. The normalized spacial score (nSPS) is 30.3. The monoisotopic (exact) mass is 294 g/mol. The Bertz CT molecular complexity index is 449. The van der Waals surface area contributed by atoms with Crippen LogP contribution in [0.2, 0.25) is 0 Å². The summed E-state index contributed by atoms with van der Waals surface area (Å²) in [6.07, 6.45) is 1.61. The minimum atomic E-state index is -4.01. The van der Waals surface area contributed by atoms with Gasteiger partial charge in [-0.2, -0.15) is 0 Å². The lowest BCUT2D eigenvalue weighted by Crippen LogP contribution is -2.46. The van der Waals surface area contributed by atoms with Gasteiger partial charge in [0.1, 0.15) is 19.0 Å². The number of phosphoric acid groups is 1. The molecule has 0 atom stereocenters. The number of hydrogen-bond acceptors (Lipinski definition) is 7. The molecule has 0 unspecified atom stereocenters. The van der Waals surface area contributed by atoms with Crippen molar-refractivity contribution in [2.45, 2.75) is 19.0 Å². The molecule has 1 aromatic heterocycles. The highest BCUT2D eigenvalue weighted by molar-refractivity contribution is 7.47. The summed E-state index contributed by atoms with van der Waals surface area (Å²) in [4.78, 5) is 18.4. The lowest BCUT2D eigenvalue weighted by atomic mass is 10.1. The van der Waals surface area contributed by atoms with Crippen LogP contribution in [0.1, 0.15) is 12.7 Å². The Morgan fingerprint density at radius 3 is 2.47 bits per heavy atom. The average Bonchev–Trinajstić information content (AvgIpc) is 2.87. The van der Waals surface area contributed by atoms with Crippen LogP contribution in [-0.4, -0.2) is 28.6 Å². The van der Waals surface area contributed by atoms with Gasteiger partial charge < -0.3 is 15.0 Å². The highest BCUT2D eigenvalue weighted by Crippen LogP contribution is 2.48. The molecule has 0 spiro atoms. The van der Waals surface area contributed by atoms with E-state index in [2.05, 4.69) is 9.05 Å². The standard InChI is InChI=1S/C5H7NO.C4H8NO6P/c6-4-5-2-1-3-7-5;1-4(5(6)7)2-10-12(8,9)11-3-4/h1-3H,4,6H2;2-3H2,1H3,(H,8,9). The van der Waals surface area contributed by atoms with Crippen LogP contribution in [-0.2, 0) is 20.2 Å². The van der Waals surface area contributed by atoms with Crippen molar-refractivity contribution in [1.29, 1.82) is 0 Å². The van der Waals surface area contributed by atoms with Crippen molar-refractivity contribution >= 4 is 7.82 Å². The van der Waals surface area contributed by atoms with Gasteiger partial charge in [-0.15, -0.1) is 0 Å². The molecule has 9 nitrogen and oxygen atoms in total. The van der Waals surface area contributed by atoms with Crippen LogP contribution in [0.25, 0.3) is 0 Å². The van der Waals surface area contributed by atoms with Gasteiger partial charge in [-0.3, -0.25) is 19.2 Å². The Kier molecular flexibility index (Phi) is 5.21. The summed E-state index contributed by atoms with van der Waals surface area (Å²) >= 11 is 0. The number of nitro groups is 1. The fourth-order valence-corrected chi connectivity index (χ4v) is 2.01. The molecule has 2 rings (SSSR count). The number of rotatable bonds is 2. The van der Waals surface area contributed by atoms with Crippen LogP contribution in [0.5, 0.6) is 0 Å². The largest absolute Gasteiger partial charge is 0.472 e. The quantitative estimate of drug-likeness (QED) is 0.466. The average molecular weight is 294 g/mol. The SMILES string of the molecule is CC1([N+](=O)[O-])COP(=O)(O)OC1.NCc1ccco1. The smallest absolute Gasteiger partial charge is 0.468 e. The van der Waals surface area contributed by atoms with E-state index < -0.39 is 31.5 Å². The first-order valence-corrected chi connectivity index (χ1v) is 6.77. The van der Waals surface area contributed by atoms with E-state index in [4.69, 9.17) is 15.0 Å². The van der Waals surface area contributed by atoms with Crippen molar-refractivity contribution in [2.75, 3.05) is 13.2 Å². The number of phosphoric ester groups is 1. The van der Waals surface area contributed by atoms with Crippen LogP contribution >= 0.6 is 7.82 Å². The zero-order chi connectivity index (χ0) is 14.5. The Hall–Kier alpha value is -1.25. The maximum absolute atomic E-state index is 10.6. The lowest BCUT2D eigenvalue weighted by molar-refractivity contribution is -0.573. The molecule has 19 heavy (non-hydrogen) atoms. The zero-order valence-electron chi connectivity index (χ0n) is 10.2. The first kappa shape index (κ1) is 15.8. The van der Waals surface area contributed by atoms with E-state index in [0.717, 1.165) is 5.76 Å². The molecule has 0 aliphatic carbocycles. The third-order valence-corrected chi connectivity index (χ3v) is 3.21. The van der Waals surface area contributed by atoms with Crippen LogP contribution in [0.15, 0.2) is 22.8 Å². The lowest BCUT2D eigenvalue weighted by Gasteiger charge is -2.27. The highest BCUT2D eigenvalue weighted by atomic mass is 31.2. The maximum atomic E-state index is 10.6. The van der Waals surface area contributed by atoms with Gasteiger partial charge in [-0.1, -0.05) is 0 Å². The molecule has 3 N–H and O–H groups in total. The molecule has 0 amide bonds. The predicted molar refractivity (Wildman–Crippen MR) is 63.7 cm³/mol. The summed E-state index contributed by atoms with van der Waals surface area (Å²) in [7, 11) is -4.01. The van der Waals surface area contributed by atoms with Gasteiger partial charge >= 0.3 is 7.82 Å².